The van der Waals surface area contributed by atoms with E-state index in [4.69, 9.17) is 14.0 Å². The minimum Gasteiger partial charge on any atom is -0.508 e. The highest BCUT2D eigenvalue weighted by molar-refractivity contribution is 5.80. The Morgan fingerprint density at radius 3 is 2.81 bits per heavy atom. The number of nitrogens with zero attached hydrogens (tertiary/aromatic N) is 3. The van der Waals surface area contributed by atoms with Crippen molar-refractivity contribution in [2.45, 2.75) is 18.9 Å². The fourth-order valence-corrected chi connectivity index (χ4v) is 2.61. The summed E-state index contributed by atoms with van der Waals surface area (Å²) >= 11 is 0. The molecule has 1 aliphatic heterocycles. The number of ether oxygens (including phenoxy) is 1. The van der Waals surface area contributed by atoms with E-state index in [-0.39, 0.29) is 11.6 Å². The SMILES string of the molecule is C[C@@]1(c2ccc(O)cc2)CC(Oc2cncc(-c3n[nH]c(=O)o3)c2)=NO1. The Morgan fingerprint density at radius 2 is 2.08 bits per heavy atom. The number of hydrogen-bond donors (Lipinski definition) is 2. The summed E-state index contributed by atoms with van der Waals surface area (Å²) in [5.41, 5.74) is 0.660. The van der Waals surface area contributed by atoms with Crippen molar-refractivity contribution < 1.29 is 19.1 Å². The molecule has 0 unspecified atom stereocenters. The van der Waals surface area contributed by atoms with Crippen molar-refractivity contribution in [1.82, 2.24) is 15.2 Å². The zero-order valence-electron chi connectivity index (χ0n) is 13.7. The van der Waals surface area contributed by atoms with Crippen LogP contribution in [0.3, 0.4) is 0 Å². The zero-order valence-corrected chi connectivity index (χ0v) is 13.7. The third-order valence-corrected chi connectivity index (χ3v) is 3.95. The van der Waals surface area contributed by atoms with Crippen LogP contribution in [-0.2, 0) is 10.4 Å². The standard InChI is InChI=1S/C17H14N4O5/c1-17(11-2-4-12(22)5-3-11)7-14(21-26-17)24-13-6-10(8-18-9-13)15-19-20-16(23)25-15/h2-6,8-9,22H,7H2,1H3,(H,20,23)/t17-/m0/s1. The van der Waals surface area contributed by atoms with Crippen molar-refractivity contribution in [2.24, 2.45) is 5.16 Å². The highest BCUT2D eigenvalue weighted by Gasteiger charge is 2.37. The molecule has 2 aromatic heterocycles. The van der Waals surface area contributed by atoms with Crippen LogP contribution in [0.1, 0.15) is 18.9 Å². The maximum atomic E-state index is 11.1. The van der Waals surface area contributed by atoms with Crippen LogP contribution >= 0.6 is 0 Å². The molecule has 3 aromatic rings. The van der Waals surface area contributed by atoms with Gasteiger partial charge >= 0.3 is 5.76 Å². The number of aromatic nitrogens is 3. The number of H-pyrrole nitrogens is 1. The van der Waals surface area contributed by atoms with E-state index in [9.17, 15) is 9.90 Å². The van der Waals surface area contributed by atoms with E-state index in [1.807, 2.05) is 6.92 Å². The first-order valence-corrected chi connectivity index (χ1v) is 7.75. The second-order valence-electron chi connectivity index (χ2n) is 5.96. The highest BCUT2D eigenvalue weighted by atomic mass is 16.7. The smallest absolute Gasteiger partial charge is 0.434 e. The molecular weight excluding hydrogens is 340 g/mol. The van der Waals surface area contributed by atoms with Gasteiger partial charge in [0.2, 0.25) is 5.90 Å². The van der Waals surface area contributed by atoms with Crippen LogP contribution in [0, 0.1) is 0 Å². The molecule has 0 bridgehead atoms. The average Bonchev–Trinajstić information content (AvgIpc) is 3.23. The molecule has 0 radical (unpaired) electrons. The van der Waals surface area contributed by atoms with Crippen molar-refractivity contribution in [2.75, 3.05) is 0 Å². The predicted octanol–water partition coefficient (Wildman–Crippen LogP) is 2.16. The number of nitrogens with one attached hydrogen (secondary N) is 1. The van der Waals surface area contributed by atoms with Gasteiger partial charge in [-0.2, -0.15) is 0 Å². The van der Waals surface area contributed by atoms with Crippen molar-refractivity contribution in [3.8, 4) is 23.0 Å². The normalized spacial score (nSPS) is 19.0. The van der Waals surface area contributed by atoms with Crippen molar-refractivity contribution in [3.05, 3.63) is 58.8 Å². The number of hydrogen-bond acceptors (Lipinski definition) is 8. The van der Waals surface area contributed by atoms with E-state index < -0.39 is 11.4 Å². The molecule has 0 spiro atoms. The van der Waals surface area contributed by atoms with Crippen LogP contribution in [0.5, 0.6) is 11.5 Å². The van der Waals surface area contributed by atoms with Crippen LogP contribution in [0.25, 0.3) is 11.5 Å². The van der Waals surface area contributed by atoms with Crippen molar-refractivity contribution in [3.63, 3.8) is 0 Å². The van der Waals surface area contributed by atoms with Crippen LogP contribution in [-0.4, -0.2) is 26.2 Å². The Kier molecular flexibility index (Phi) is 3.68. The summed E-state index contributed by atoms with van der Waals surface area (Å²) in [5, 5.41) is 19.4. The fourth-order valence-electron chi connectivity index (χ4n) is 2.61. The molecule has 132 valence electrons. The topological polar surface area (TPSA) is 123 Å². The lowest BCUT2D eigenvalue weighted by atomic mass is 9.93. The van der Waals surface area contributed by atoms with Gasteiger partial charge in [-0.3, -0.25) is 4.98 Å². The van der Waals surface area contributed by atoms with Gasteiger partial charge in [-0.15, -0.1) is 5.10 Å². The quantitative estimate of drug-likeness (QED) is 0.739. The molecule has 0 fully saturated rings. The predicted molar refractivity (Wildman–Crippen MR) is 89.6 cm³/mol. The molecule has 0 saturated carbocycles. The number of oxime groups is 1. The van der Waals surface area contributed by atoms with Crippen LogP contribution in [0.2, 0.25) is 0 Å². The first-order valence-electron chi connectivity index (χ1n) is 7.75. The maximum absolute atomic E-state index is 11.1. The maximum Gasteiger partial charge on any atom is 0.434 e. The molecule has 9 nitrogen and oxygen atoms in total. The van der Waals surface area contributed by atoms with Gasteiger partial charge in [0, 0.05) is 6.20 Å². The Labute approximate surface area is 146 Å². The van der Waals surface area contributed by atoms with Gasteiger partial charge in [0.05, 0.1) is 18.2 Å². The summed E-state index contributed by atoms with van der Waals surface area (Å²) in [6.45, 7) is 1.88. The van der Waals surface area contributed by atoms with E-state index in [1.165, 1.54) is 12.4 Å². The first-order chi connectivity index (χ1) is 12.5. The van der Waals surface area contributed by atoms with Crippen LogP contribution in [0.15, 0.2) is 57.1 Å². The molecule has 1 aliphatic rings. The van der Waals surface area contributed by atoms with Gasteiger partial charge in [0.1, 0.15) is 11.5 Å². The molecule has 2 N–H and O–H groups in total. The number of aromatic amines is 1. The van der Waals surface area contributed by atoms with Crippen LogP contribution < -0.4 is 10.5 Å². The molecule has 26 heavy (non-hydrogen) atoms. The second-order valence-corrected chi connectivity index (χ2v) is 5.96. The van der Waals surface area contributed by atoms with E-state index in [0.717, 1.165) is 5.56 Å². The largest absolute Gasteiger partial charge is 0.508 e. The third-order valence-electron chi connectivity index (χ3n) is 3.95. The molecular formula is C17H14N4O5. The fraction of sp³-hybridized carbons (Fsp3) is 0.176. The van der Waals surface area contributed by atoms with E-state index in [2.05, 4.69) is 20.3 Å². The number of aromatic hydroxyl groups is 1. The Morgan fingerprint density at radius 1 is 1.27 bits per heavy atom. The van der Waals surface area contributed by atoms with E-state index >= 15 is 0 Å². The summed E-state index contributed by atoms with van der Waals surface area (Å²) in [5.74, 6) is 0.435. The van der Waals surface area contributed by atoms with Gasteiger partial charge < -0.3 is 19.1 Å². The van der Waals surface area contributed by atoms with Crippen LogP contribution in [0.4, 0.5) is 0 Å². The average molecular weight is 354 g/mol. The summed E-state index contributed by atoms with van der Waals surface area (Å²) in [6.07, 6.45) is 3.41. The highest BCUT2D eigenvalue weighted by Crippen LogP contribution is 2.35. The third kappa shape index (κ3) is 3.02. The van der Waals surface area contributed by atoms with Crippen molar-refractivity contribution in [1.29, 1.82) is 0 Å². The Hall–Kier alpha value is -3.62. The molecule has 0 amide bonds. The van der Waals surface area contributed by atoms with E-state index in [1.54, 1.807) is 30.3 Å². The summed E-state index contributed by atoms with van der Waals surface area (Å²) in [4.78, 5) is 20.7. The number of benzene rings is 1. The molecule has 9 heteroatoms. The molecule has 4 rings (SSSR count). The summed E-state index contributed by atoms with van der Waals surface area (Å²) < 4.78 is 10.6. The zero-order chi connectivity index (χ0) is 18.1. The summed E-state index contributed by atoms with van der Waals surface area (Å²) in [6, 6.07) is 8.36. The van der Waals surface area contributed by atoms with E-state index in [0.29, 0.717) is 23.6 Å². The number of rotatable bonds is 3. The van der Waals surface area contributed by atoms with Gasteiger partial charge in [0.25, 0.3) is 5.89 Å². The molecule has 3 heterocycles. The molecule has 0 saturated heterocycles. The van der Waals surface area contributed by atoms with Crippen molar-refractivity contribution >= 4 is 5.90 Å². The minimum absolute atomic E-state index is 0.117. The van der Waals surface area contributed by atoms with Gasteiger partial charge in [-0.1, -0.05) is 17.3 Å². The Bertz CT molecular complexity index is 1020. The lowest BCUT2D eigenvalue weighted by Crippen LogP contribution is -2.23. The lowest BCUT2D eigenvalue weighted by molar-refractivity contribution is -0.00742. The lowest BCUT2D eigenvalue weighted by Gasteiger charge is -2.21. The minimum atomic E-state index is -0.691. The molecule has 1 aromatic carbocycles. The first kappa shape index (κ1) is 15.9. The van der Waals surface area contributed by atoms with Gasteiger partial charge in [-0.25, -0.2) is 9.89 Å². The summed E-state index contributed by atoms with van der Waals surface area (Å²) in [7, 11) is 0. The number of pyridine rings is 1. The molecule has 1 atom stereocenters. The van der Waals surface area contributed by atoms with Gasteiger partial charge in [-0.05, 0) is 30.7 Å². The van der Waals surface area contributed by atoms with Gasteiger partial charge in [0.15, 0.2) is 5.60 Å². The molecule has 0 aliphatic carbocycles. The second kappa shape index (κ2) is 6.03. The Balaban J connectivity index is 1.50. The number of phenolic OH excluding ortho intramolecular Hbond substituents is 1. The monoisotopic (exact) mass is 354 g/mol. The number of phenols is 1.